The lowest BCUT2D eigenvalue weighted by atomic mass is 10.2. The van der Waals surface area contributed by atoms with E-state index in [4.69, 9.17) is 13.8 Å². The van der Waals surface area contributed by atoms with Crippen LogP contribution in [0.5, 0.6) is 0 Å². The zero-order valence-electron chi connectivity index (χ0n) is 12.5. The third kappa shape index (κ3) is 7.71. The van der Waals surface area contributed by atoms with Crippen LogP contribution in [0.15, 0.2) is 0 Å². The topological polar surface area (TPSA) is 61.8 Å². The van der Waals surface area contributed by atoms with Gasteiger partial charge in [-0.1, -0.05) is 26.2 Å². The van der Waals surface area contributed by atoms with Crippen LogP contribution in [0.25, 0.3) is 0 Å². The third-order valence-electron chi connectivity index (χ3n) is 2.58. The maximum Gasteiger partial charge on any atom is 0.370 e. The smallest absolute Gasteiger partial charge is 0.370 e. The number of esters is 1. The molecule has 0 saturated heterocycles. The maximum atomic E-state index is 12.6. The van der Waals surface area contributed by atoms with Gasteiger partial charge in [0.15, 0.2) is 0 Å². The molecule has 0 radical (unpaired) electrons. The lowest BCUT2D eigenvalue weighted by molar-refractivity contribution is -0.144. The molecule has 0 aromatic rings. The summed E-state index contributed by atoms with van der Waals surface area (Å²) in [7, 11) is -3.38. The summed E-state index contributed by atoms with van der Waals surface area (Å²) < 4.78 is 28.2. The second-order valence-corrected chi connectivity index (χ2v) is 6.46. The highest BCUT2D eigenvalue weighted by atomic mass is 31.2. The first-order valence-corrected chi connectivity index (χ1v) is 8.67. The van der Waals surface area contributed by atoms with Gasteiger partial charge in [-0.05, 0) is 26.7 Å². The molecular formula is C13H27O5P. The van der Waals surface area contributed by atoms with E-state index in [2.05, 4.69) is 6.92 Å². The van der Waals surface area contributed by atoms with Gasteiger partial charge in [0.2, 0.25) is 5.85 Å². The minimum Gasteiger partial charge on any atom is -0.450 e. The van der Waals surface area contributed by atoms with Crippen LogP contribution in [0.2, 0.25) is 0 Å². The average molecular weight is 294 g/mol. The Morgan fingerprint density at radius 1 is 1.05 bits per heavy atom. The van der Waals surface area contributed by atoms with E-state index in [1.165, 1.54) is 6.92 Å². The van der Waals surface area contributed by atoms with Crippen molar-refractivity contribution in [2.75, 3.05) is 13.2 Å². The zero-order valence-corrected chi connectivity index (χ0v) is 13.4. The third-order valence-corrected chi connectivity index (χ3v) is 4.88. The van der Waals surface area contributed by atoms with E-state index < -0.39 is 19.4 Å². The Hall–Kier alpha value is -0.380. The monoisotopic (exact) mass is 294 g/mol. The van der Waals surface area contributed by atoms with Crippen LogP contribution in [0, 0.1) is 0 Å². The summed E-state index contributed by atoms with van der Waals surface area (Å²) in [5, 5.41) is 0. The summed E-state index contributed by atoms with van der Waals surface area (Å²) in [6.07, 6.45) is 4.60. The lowest BCUT2D eigenvalue weighted by Gasteiger charge is -2.25. The van der Waals surface area contributed by atoms with Crippen molar-refractivity contribution >= 4 is 13.6 Å². The van der Waals surface area contributed by atoms with Gasteiger partial charge >= 0.3 is 13.6 Å². The summed E-state index contributed by atoms with van der Waals surface area (Å²) >= 11 is 0. The molecule has 0 aliphatic carbocycles. The minimum absolute atomic E-state index is 0.268. The Kier molecular flexibility index (Phi) is 10.2. The number of hydrogen-bond acceptors (Lipinski definition) is 5. The van der Waals surface area contributed by atoms with Crippen molar-refractivity contribution in [2.24, 2.45) is 0 Å². The molecule has 114 valence electrons. The van der Waals surface area contributed by atoms with Crippen molar-refractivity contribution in [1.29, 1.82) is 0 Å². The Morgan fingerprint density at radius 3 is 2.05 bits per heavy atom. The predicted molar refractivity (Wildman–Crippen MR) is 75.2 cm³/mol. The van der Waals surface area contributed by atoms with Gasteiger partial charge in [0, 0.05) is 6.92 Å². The Labute approximate surface area is 116 Å². The molecule has 0 aromatic carbocycles. The highest BCUT2D eigenvalue weighted by Crippen LogP contribution is 2.55. The Morgan fingerprint density at radius 2 is 1.63 bits per heavy atom. The quantitative estimate of drug-likeness (QED) is 0.326. The summed E-state index contributed by atoms with van der Waals surface area (Å²) in [4.78, 5) is 11.1. The molecule has 0 bridgehead atoms. The van der Waals surface area contributed by atoms with Crippen molar-refractivity contribution in [1.82, 2.24) is 0 Å². The number of carbonyl (C=O) groups is 1. The summed E-state index contributed by atoms with van der Waals surface area (Å²) in [5.41, 5.74) is 0. The molecule has 19 heavy (non-hydrogen) atoms. The predicted octanol–water partition coefficient (Wildman–Crippen LogP) is 4.11. The van der Waals surface area contributed by atoms with Crippen LogP contribution in [0.1, 0.15) is 59.8 Å². The largest absolute Gasteiger partial charge is 0.450 e. The van der Waals surface area contributed by atoms with Crippen LogP contribution in [-0.2, 0) is 23.1 Å². The first-order valence-electron chi connectivity index (χ1n) is 7.06. The summed E-state index contributed by atoms with van der Waals surface area (Å²) in [6, 6.07) is 0. The van der Waals surface area contributed by atoms with Gasteiger partial charge in [0.1, 0.15) is 0 Å². The lowest BCUT2D eigenvalue weighted by Crippen LogP contribution is -2.20. The molecule has 0 saturated carbocycles. The molecule has 0 rings (SSSR count). The second kappa shape index (κ2) is 10.4. The molecule has 0 fully saturated rings. The van der Waals surface area contributed by atoms with E-state index in [0.29, 0.717) is 6.42 Å². The molecule has 1 atom stereocenters. The van der Waals surface area contributed by atoms with Crippen LogP contribution in [-0.4, -0.2) is 25.0 Å². The zero-order chi connectivity index (χ0) is 14.7. The fourth-order valence-corrected chi connectivity index (χ4v) is 3.69. The van der Waals surface area contributed by atoms with Gasteiger partial charge in [-0.3, -0.25) is 9.36 Å². The van der Waals surface area contributed by atoms with E-state index in [9.17, 15) is 9.36 Å². The van der Waals surface area contributed by atoms with Crippen molar-refractivity contribution in [3.8, 4) is 0 Å². The van der Waals surface area contributed by atoms with E-state index >= 15 is 0 Å². The van der Waals surface area contributed by atoms with Gasteiger partial charge in [-0.15, -0.1) is 0 Å². The fourth-order valence-electron chi connectivity index (χ4n) is 1.78. The average Bonchev–Trinajstić information content (AvgIpc) is 2.33. The highest BCUT2D eigenvalue weighted by molar-refractivity contribution is 7.54. The maximum absolute atomic E-state index is 12.6. The summed E-state index contributed by atoms with van der Waals surface area (Å²) in [6.45, 7) is 7.45. The summed E-state index contributed by atoms with van der Waals surface area (Å²) in [5.74, 6) is -1.25. The van der Waals surface area contributed by atoms with Crippen molar-refractivity contribution in [2.45, 2.75) is 65.6 Å². The molecule has 0 N–H and O–H groups in total. The standard InChI is InChI=1S/C13H27O5P/c1-5-8-9-10-11-13(18-12(4)14)19(15,16-6-2)17-7-3/h13H,5-11H2,1-4H3/t13-/m1/s1. The number of hydrogen-bond donors (Lipinski definition) is 0. The van der Waals surface area contributed by atoms with E-state index in [0.717, 1.165) is 25.7 Å². The van der Waals surface area contributed by atoms with E-state index in [1.54, 1.807) is 13.8 Å². The van der Waals surface area contributed by atoms with Crippen LogP contribution < -0.4 is 0 Å². The molecule has 0 heterocycles. The number of unbranched alkanes of at least 4 members (excludes halogenated alkanes) is 3. The first-order chi connectivity index (χ1) is 9.00. The van der Waals surface area contributed by atoms with Crippen LogP contribution >= 0.6 is 7.60 Å². The van der Waals surface area contributed by atoms with Crippen LogP contribution in [0.3, 0.4) is 0 Å². The van der Waals surface area contributed by atoms with E-state index in [-0.39, 0.29) is 13.2 Å². The molecule has 0 amide bonds. The van der Waals surface area contributed by atoms with Gasteiger partial charge in [0.05, 0.1) is 13.2 Å². The van der Waals surface area contributed by atoms with Gasteiger partial charge in [-0.25, -0.2) is 0 Å². The molecule has 0 aromatic heterocycles. The molecule has 0 unspecified atom stereocenters. The molecule has 5 nitrogen and oxygen atoms in total. The molecule has 0 aliphatic rings. The highest BCUT2D eigenvalue weighted by Gasteiger charge is 2.37. The van der Waals surface area contributed by atoms with Gasteiger partial charge in [-0.2, -0.15) is 0 Å². The molecule has 0 spiro atoms. The minimum atomic E-state index is -3.38. The second-order valence-electron chi connectivity index (χ2n) is 4.29. The number of carbonyl (C=O) groups excluding carboxylic acids is 1. The van der Waals surface area contributed by atoms with Crippen molar-refractivity contribution < 1.29 is 23.1 Å². The molecule has 0 aliphatic heterocycles. The normalized spacial score (nSPS) is 13.3. The number of ether oxygens (including phenoxy) is 1. The SMILES string of the molecule is CCCCCC[C@H](OC(C)=O)P(=O)(OCC)OCC. The first kappa shape index (κ1) is 18.6. The van der Waals surface area contributed by atoms with Gasteiger partial charge in [0.25, 0.3) is 0 Å². The van der Waals surface area contributed by atoms with Crippen molar-refractivity contribution in [3.05, 3.63) is 0 Å². The van der Waals surface area contributed by atoms with Crippen LogP contribution in [0.4, 0.5) is 0 Å². The Balaban J connectivity index is 4.66. The van der Waals surface area contributed by atoms with Gasteiger partial charge < -0.3 is 13.8 Å². The van der Waals surface area contributed by atoms with E-state index in [1.807, 2.05) is 0 Å². The molecule has 6 heteroatoms. The Bertz CT molecular complexity index is 283. The molecular weight excluding hydrogens is 267 g/mol. The fraction of sp³-hybridized carbons (Fsp3) is 0.923. The van der Waals surface area contributed by atoms with Crippen molar-refractivity contribution in [3.63, 3.8) is 0 Å². The number of rotatable bonds is 11.